The number of amides is 1. The molecule has 1 aromatic heterocycles. The fourth-order valence-corrected chi connectivity index (χ4v) is 8.33. The summed E-state index contributed by atoms with van der Waals surface area (Å²) in [5, 5.41) is -0.113. The highest BCUT2D eigenvalue weighted by Crippen LogP contribution is 2.38. The van der Waals surface area contributed by atoms with E-state index in [2.05, 4.69) is 4.98 Å². The maximum absolute atomic E-state index is 15.8. The van der Waals surface area contributed by atoms with Gasteiger partial charge in [-0.3, -0.25) is 0 Å². The third kappa shape index (κ3) is 8.84. The summed E-state index contributed by atoms with van der Waals surface area (Å²) in [4.78, 5) is 17.4. The van der Waals surface area contributed by atoms with Gasteiger partial charge in [0.1, 0.15) is 32.1 Å². The molecule has 1 aliphatic heterocycles. The fourth-order valence-electron chi connectivity index (χ4n) is 5.76. The molecule has 17 heteroatoms. The second-order valence-electron chi connectivity index (χ2n) is 12.9. The van der Waals surface area contributed by atoms with Crippen LogP contribution in [0.25, 0.3) is 0 Å². The normalized spacial score (nSPS) is 16.4. The number of aromatic nitrogens is 1. The molecule has 0 bridgehead atoms. The van der Waals surface area contributed by atoms with Crippen molar-refractivity contribution in [1.82, 2.24) is 9.88 Å². The summed E-state index contributed by atoms with van der Waals surface area (Å²) >= 11 is 6.89. The number of thiazole rings is 1. The van der Waals surface area contributed by atoms with E-state index in [4.69, 9.17) is 30.5 Å². The Balaban J connectivity index is 1.43. The zero-order chi connectivity index (χ0) is 38.0. The largest absolute Gasteiger partial charge is 0.497 e. The van der Waals surface area contributed by atoms with Gasteiger partial charge in [0.2, 0.25) is 5.13 Å². The molecule has 10 nitrogen and oxygen atoms in total. The van der Waals surface area contributed by atoms with Gasteiger partial charge in [0.25, 0.3) is 10.0 Å². The molecule has 0 unspecified atom stereocenters. The Labute approximate surface area is 307 Å². The van der Waals surface area contributed by atoms with Gasteiger partial charge in [0, 0.05) is 42.8 Å². The molecule has 0 radical (unpaired) electrons. The Kier molecular flexibility index (Phi) is 11.8. The van der Waals surface area contributed by atoms with E-state index in [1.54, 1.807) is 32.9 Å². The van der Waals surface area contributed by atoms with Crippen LogP contribution >= 0.6 is 22.9 Å². The van der Waals surface area contributed by atoms with E-state index < -0.39 is 67.5 Å². The first kappa shape index (κ1) is 38.9. The number of ether oxygens (including phenoxy) is 4. The van der Waals surface area contributed by atoms with Crippen LogP contribution in [0.15, 0.2) is 59.6 Å². The molecule has 4 aromatic rings. The predicted octanol–water partition coefficient (Wildman–Crippen LogP) is 8.19. The number of benzene rings is 3. The van der Waals surface area contributed by atoms with Gasteiger partial charge in [0.05, 0.1) is 33.6 Å². The number of nitrogens with zero attached hydrogens (tertiary/aromatic N) is 3. The summed E-state index contributed by atoms with van der Waals surface area (Å²) in [7, 11) is -1.99. The minimum atomic E-state index is -4.83. The number of hydrogen-bond acceptors (Lipinski definition) is 9. The smallest absolute Gasteiger partial charge is 0.410 e. The first-order chi connectivity index (χ1) is 24.5. The lowest BCUT2D eigenvalue weighted by Crippen LogP contribution is -2.46. The van der Waals surface area contributed by atoms with Gasteiger partial charge in [0.15, 0.2) is 23.2 Å². The van der Waals surface area contributed by atoms with Crippen LogP contribution < -0.4 is 18.5 Å². The van der Waals surface area contributed by atoms with E-state index in [-0.39, 0.29) is 41.5 Å². The average molecular weight is 786 g/mol. The lowest BCUT2D eigenvalue weighted by Gasteiger charge is -2.39. The van der Waals surface area contributed by atoms with Gasteiger partial charge in [-0.1, -0.05) is 29.0 Å². The van der Waals surface area contributed by atoms with Crippen LogP contribution in [0.3, 0.4) is 0 Å². The lowest BCUT2D eigenvalue weighted by molar-refractivity contribution is 0.0109. The Bertz CT molecular complexity index is 2040. The molecule has 5 rings (SSSR count). The zero-order valence-corrected chi connectivity index (χ0v) is 31.2. The van der Waals surface area contributed by atoms with Gasteiger partial charge in [-0.15, -0.1) is 0 Å². The number of methoxy groups -OCH3 is 2. The number of anilines is 1. The summed E-state index contributed by atoms with van der Waals surface area (Å²) in [6.45, 7) is 4.71. The molecule has 1 fully saturated rings. The number of hydrogen-bond donors (Lipinski definition) is 0. The fraction of sp³-hybridized carbons (Fsp3) is 0.371. The number of carbonyl (C=O) groups is 1. The number of sulfonamides is 1. The first-order valence-electron chi connectivity index (χ1n) is 15.9. The van der Waals surface area contributed by atoms with Crippen molar-refractivity contribution in [2.45, 2.75) is 50.2 Å². The highest BCUT2D eigenvalue weighted by Gasteiger charge is 2.36. The van der Waals surface area contributed by atoms with Gasteiger partial charge < -0.3 is 23.8 Å². The molecule has 2 atom stereocenters. The van der Waals surface area contributed by atoms with Crippen molar-refractivity contribution in [3.8, 4) is 17.2 Å². The van der Waals surface area contributed by atoms with Crippen molar-refractivity contribution in [2.24, 2.45) is 5.92 Å². The Hall–Kier alpha value is -4.28. The summed E-state index contributed by atoms with van der Waals surface area (Å²) < 4.78 is 110. The minimum Gasteiger partial charge on any atom is -0.497 e. The van der Waals surface area contributed by atoms with Crippen molar-refractivity contribution < 1.29 is 49.7 Å². The number of carbonyl (C=O) groups excluding carboxylic acids is 1. The summed E-state index contributed by atoms with van der Waals surface area (Å²) in [5.41, 5.74) is 0.00745. The maximum Gasteiger partial charge on any atom is 0.410 e. The van der Waals surface area contributed by atoms with Crippen LogP contribution in [0.5, 0.6) is 17.2 Å². The van der Waals surface area contributed by atoms with Gasteiger partial charge in [-0.2, -0.15) is 0 Å². The molecule has 1 saturated heterocycles. The van der Waals surface area contributed by atoms with E-state index in [0.717, 1.165) is 27.8 Å². The van der Waals surface area contributed by atoms with E-state index in [1.807, 2.05) is 0 Å². The van der Waals surface area contributed by atoms with Gasteiger partial charge in [-0.25, -0.2) is 40.1 Å². The summed E-state index contributed by atoms with van der Waals surface area (Å²) in [5.74, 6) is -5.56. The van der Waals surface area contributed by atoms with E-state index in [1.165, 1.54) is 37.4 Å². The molecule has 0 N–H and O–H groups in total. The highest BCUT2D eigenvalue weighted by molar-refractivity contribution is 7.93. The second-order valence-corrected chi connectivity index (χ2v) is 16.4. The topological polar surface area (TPSA) is 108 Å². The monoisotopic (exact) mass is 785 g/mol. The third-order valence-corrected chi connectivity index (χ3v) is 11.3. The SMILES string of the molecule is COc1ccc(CN(c2ncc(Cl)s2)S(=O)(=O)c2cc(F)c(OC[C@@H]3CN(C(=O)OC(C)(C)C)CC[C@H]3c3ccc(F)c(F)c3)cc2F)c(OC)c1. The summed E-state index contributed by atoms with van der Waals surface area (Å²) in [6, 6.07) is 9.27. The molecule has 280 valence electrons. The molecule has 2 heterocycles. The standard InChI is InChI=1S/C35H36ClF4N3O7S2/c1-35(2,3)50-34(44)42-11-10-24(20-7-9-25(37)26(38)12-20)22(17-42)19-49-30-14-28(40)31(15-27(30)39)52(45,46)43(33-41-16-32(36)51-33)18-21-6-8-23(47-4)13-29(21)48-5/h6-9,12-16,22,24H,10-11,17-19H2,1-5H3/t22-,24-/m0/s1. The molecule has 3 aromatic carbocycles. The number of likely N-dealkylation sites (tertiary alicyclic amines) is 1. The highest BCUT2D eigenvalue weighted by atomic mass is 35.5. The third-order valence-electron chi connectivity index (χ3n) is 8.25. The van der Waals surface area contributed by atoms with Crippen molar-refractivity contribution >= 4 is 44.2 Å². The molecular weight excluding hydrogens is 750 g/mol. The van der Waals surface area contributed by atoms with Crippen molar-refractivity contribution in [2.75, 3.05) is 38.2 Å². The van der Waals surface area contributed by atoms with Crippen LogP contribution in [-0.2, 0) is 21.3 Å². The number of halogens is 5. The molecular formula is C35H36ClF4N3O7S2. The van der Waals surface area contributed by atoms with Crippen LogP contribution in [0, 0.1) is 29.2 Å². The average Bonchev–Trinajstić information content (AvgIpc) is 3.52. The second kappa shape index (κ2) is 15.8. The lowest BCUT2D eigenvalue weighted by atomic mass is 9.81. The predicted molar refractivity (Wildman–Crippen MR) is 187 cm³/mol. The molecule has 0 aliphatic carbocycles. The van der Waals surface area contributed by atoms with Crippen molar-refractivity contribution in [3.63, 3.8) is 0 Å². The van der Waals surface area contributed by atoms with Crippen LogP contribution in [0.4, 0.5) is 27.5 Å². The van der Waals surface area contributed by atoms with Crippen LogP contribution in [-0.4, -0.2) is 63.9 Å². The van der Waals surface area contributed by atoms with Crippen molar-refractivity contribution in [1.29, 1.82) is 0 Å². The number of rotatable bonds is 11. The molecule has 0 spiro atoms. The van der Waals surface area contributed by atoms with Gasteiger partial charge >= 0.3 is 6.09 Å². The maximum atomic E-state index is 15.8. The quantitative estimate of drug-likeness (QED) is 0.140. The van der Waals surface area contributed by atoms with Gasteiger partial charge in [-0.05, 0) is 62.9 Å². The van der Waals surface area contributed by atoms with E-state index in [9.17, 15) is 22.0 Å². The molecule has 52 heavy (non-hydrogen) atoms. The van der Waals surface area contributed by atoms with E-state index >= 15 is 8.78 Å². The Morgan fingerprint density at radius 1 is 0.981 bits per heavy atom. The summed E-state index contributed by atoms with van der Waals surface area (Å²) in [6.07, 6.45) is 0.930. The molecule has 1 aliphatic rings. The molecule has 1 amide bonds. The zero-order valence-electron chi connectivity index (χ0n) is 28.8. The first-order valence-corrected chi connectivity index (χ1v) is 18.5. The van der Waals surface area contributed by atoms with Crippen molar-refractivity contribution in [3.05, 3.63) is 93.5 Å². The molecule has 0 saturated carbocycles. The Morgan fingerprint density at radius 3 is 2.37 bits per heavy atom. The van der Waals surface area contributed by atoms with E-state index in [0.29, 0.717) is 35.4 Å². The van der Waals surface area contributed by atoms with Crippen LogP contribution in [0.1, 0.15) is 44.2 Å². The van der Waals surface area contributed by atoms with Crippen LogP contribution in [0.2, 0.25) is 4.34 Å². The minimum absolute atomic E-state index is 0.0370. The Morgan fingerprint density at radius 2 is 1.73 bits per heavy atom. The number of piperidine rings is 1.